The molecule has 196 valence electrons. The van der Waals surface area contributed by atoms with E-state index < -0.39 is 6.10 Å². The number of rotatable bonds is 13. The fraction of sp³-hybridized carbons (Fsp3) is 0.323. The summed E-state index contributed by atoms with van der Waals surface area (Å²) in [5.74, 6) is 1.67. The predicted molar refractivity (Wildman–Crippen MR) is 143 cm³/mol. The molecule has 0 saturated heterocycles. The fourth-order valence-corrected chi connectivity index (χ4v) is 3.94. The summed E-state index contributed by atoms with van der Waals surface area (Å²) in [6.45, 7) is 2.78. The number of aryl methyl sites for hydroxylation is 1. The lowest BCUT2D eigenvalue weighted by Crippen LogP contribution is -2.31. The highest BCUT2D eigenvalue weighted by atomic mass is 16.5. The number of ether oxygens (including phenoxy) is 3. The number of nitrogens with zero attached hydrogens (tertiary/aromatic N) is 1. The van der Waals surface area contributed by atoms with Gasteiger partial charge in [0.15, 0.2) is 11.9 Å². The summed E-state index contributed by atoms with van der Waals surface area (Å²) < 4.78 is 17.0. The van der Waals surface area contributed by atoms with Crippen molar-refractivity contribution in [1.82, 2.24) is 5.32 Å². The Labute approximate surface area is 223 Å². The topological polar surface area (TPSA) is 97.7 Å². The van der Waals surface area contributed by atoms with E-state index in [0.717, 1.165) is 29.0 Å². The Balaban J connectivity index is 1.40. The smallest absolute Gasteiger partial charge is 0.254 e. The minimum atomic E-state index is -1.00. The average Bonchev–Trinajstić information content (AvgIpc) is 3.77. The summed E-state index contributed by atoms with van der Waals surface area (Å²) >= 11 is 0. The van der Waals surface area contributed by atoms with Crippen LogP contribution in [-0.2, 0) is 27.3 Å². The Kier molecular flexibility index (Phi) is 9.12. The number of carbonyl (C=O) groups excluding carboxylic acids is 2. The van der Waals surface area contributed by atoms with Gasteiger partial charge in [-0.05, 0) is 78.3 Å². The van der Waals surface area contributed by atoms with Gasteiger partial charge in [0.05, 0.1) is 25.3 Å². The molecule has 3 aromatic carbocycles. The highest BCUT2D eigenvalue weighted by Crippen LogP contribution is 2.30. The van der Waals surface area contributed by atoms with Gasteiger partial charge in [-0.1, -0.05) is 36.4 Å². The first-order valence-corrected chi connectivity index (χ1v) is 12.7. The second kappa shape index (κ2) is 12.9. The van der Waals surface area contributed by atoms with Crippen molar-refractivity contribution in [3.63, 3.8) is 0 Å². The van der Waals surface area contributed by atoms with Gasteiger partial charge >= 0.3 is 0 Å². The van der Waals surface area contributed by atoms with E-state index in [0.29, 0.717) is 22.8 Å². The van der Waals surface area contributed by atoms with Crippen molar-refractivity contribution in [3.8, 4) is 17.6 Å². The quantitative estimate of drug-likeness (QED) is 0.352. The number of benzene rings is 3. The molecule has 1 fully saturated rings. The number of hydrogen-bond donors (Lipinski definition) is 1. The van der Waals surface area contributed by atoms with Crippen molar-refractivity contribution in [1.29, 1.82) is 5.26 Å². The zero-order valence-corrected chi connectivity index (χ0v) is 21.7. The van der Waals surface area contributed by atoms with Crippen LogP contribution < -0.4 is 14.8 Å². The number of carbonyl (C=O) groups is 2. The van der Waals surface area contributed by atoms with Crippen LogP contribution in [0.4, 0.5) is 0 Å². The van der Waals surface area contributed by atoms with Gasteiger partial charge in [0, 0.05) is 13.0 Å². The lowest BCUT2D eigenvalue weighted by atomic mass is 10.1. The van der Waals surface area contributed by atoms with E-state index in [2.05, 4.69) is 11.4 Å². The van der Waals surface area contributed by atoms with Gasteiger partial charge in [-0.25, -0.2) is 0 Å². The number of ketones is 1. The van der Waals surface area contributed by atoms with E-state index >= 15 is 0 Å². The predicted octanol–water partition coefficient (Wildman–Crippen LogP) is 4.85. The maximum absolute atomic E-state index is 13.2. The molecule has 0 spiro atoms. The van der Waals surface area contributed by atoms with Gasteiger partial charge in [-0.2, -0.15) is 5.26 Å². The van der Waals surface area contributed by atoms with Crippen molar-refractivity contribution in [2.24, 2.45) is 5.92 Å². The Morgan fingerprint density at radius 1 is 1.03 bits per heavy atom. The van der Waals surface area contributed by atoms with Gasteiger partial charge in [0.2, 0.25) is 0 Å². The van der Waals surface area contributed by atoms with E-state index in [1.165, 1.54) is 12.8 Å². The van der Waals surface area contributed by atoms with Gasteiger partial charge in [-0.3, -0.25) is 9.59 Å². The molecule has 7 nitrogen and oxygen atoms in total. The molecule has 1 amide bonds. The summed E-state index contributed by atoms with van der Waals surface area (Å²) in [4.78, 5) is 25.9. The molecule has 3 aromatic rings. The molecule has 1 aliphatic rings. The van der Waals surface area contributed by atoms with Crippen LogP contribution in [0.15, 0.2) is 66.7 Å². The number of Topliss-reactive ketones (excluding diaryl/α,β-unsaturated/α-hetero) is 1. The van der Waals surface area contributed by atoms with Crippen molar-refractivity contribution in [2.75, 3.05) is 20.3 Å². The van der Waals surface area contributed by atoms with E-state index in [9.17, 15) is 9.59 Å². The molecule has 0 radical (unpaired) electrons. The molecule has 1 aliphatic carbocycles. The number of amides is 1. The zero-order chi connectivity index (χ0) is 26.9. The Bertz CT molecular complexity index is 1290. The molecule has 0 bridgehead atoms. The lowest BCUT2D eigenvalue weighted by Gasteiger charge is -2.18. The van der Waals surface area contributed by atoms with Crippen LogP contribution in [0.5, 0.6) is 11.5 Å². The maximum atomic E-state index is 13.2. The molecule has 7 heteroatoms. The van der Waals surface area contributed by atoms with Crippen LogP contribution in [0.2, 0.25) is 0 Å². The summed E-state index contributed by atoms with van der Waals surface area (Å²) in [6, 6.07) is 21.8. The van der Waals surface area contributed by atoms with Crippen LogP contribution >= 0.6 is 0 Å². The Morgan fingerprint density at radius 3 is 2.39 bits per heavy atom. The minimum absolute atomic E-state index is 0.155. The maximum Gasteiger partial charge on any atom is 0.254 e. The molecule has 0 aromatic heterocycles. The number of hydrogen-bond acceptors (Lipinski definition) is 6. The SMILES string of the molecule is COc1ccc(CC(=O)COC(C(=O)NCc2ccc(C)c(OCC3CC3)c2)c2ccc(C#N)cc2)cc1. The van der Waals surface area contributed by atoms with Crippen LogP contribution in [0.25, 0.3) is 0 Å². The summed E-state index contributed by atoms with van der Waals surface area (Å²) in [6.07, 6.45) is 1.61. The van der Waals surface area contributed by atoms with Gasteiger partial charge in [0.25, 0.3) is 5.91 Å². The summed E-state index contributed by atoms with van der Waals surface area (Å²) in [5.41, 5.74) is 3.83. The lowest BCUT2D eigenvalue weighted by molar-refractivity contribution is -0.137. The number of methoxy groups -OCH3 is 1. The molecule has 1 atom stereocenters. The van der Waals surface area contributed by atoms with Gasteiger partial charge < -0.3 is 19.5 Å². The molecule has 1 saturated carbocycles. The van der Waals surface area contributed by atoms with Crippen molar-refractivity contribution in [2.45, 2.75) is 38.8 Å². The third kappa shape index (κ3) is 7.67. The third-order valence-electron chi connectivity index (χ3n) is 6.44. The van der Waals surface area contributed by atoms with E-state index in [-0.39, 0.29) is 31.3 Å². The number of nitriles is 1. The highest BCUT2D eigenvalue weighted by Gasteiger charge is 2.24. The van der Waals surface area contributed by atoms with Gasteiger partial charge in [0.1, 0.15) is 18.1 Å². The molecular formula is C31H32N2O5. The van der Waals surface area contributed by atoms with Crippen molar-refractivity contribution in [3.05, 3.63) is 94.5 Å². The van der Waals surface area contributed by atoms with Crippen LogP contribution in [0, 0.1) is 24.2 Å². The minimum Gasteiger partial charge on any atom is -0.497 e. The molecule has 1 unspecified atom stereocenters. The van der Waals surface area contributed by atoms with Crippen molar-refractivity contribution >= 4 is 11.7 Å². The molecular weight excluding hydrogens is 480 g/mol. The Morgan fingerprint density at radius 2 is 1.74 bits per heavy atom. The highest BCUT2D eigenvalue weighted by molar-refractivity contribution is 5.84. The van der Waals surface area contributed by atoms with E-state index in [4.69, 9.17) is 19.5 Å². The Hall–Kier alpha value is -4.15. The average molecular weight is 513 g/mol. The fourth-order valence-electron chi connectivity index (χ4n) is 3.94. The standard InChI is InChI=1S/C31H32N2O5/c1-21-3-4-25(16-29(21)37-19-24-5-6-24)18-33-31(35)30(26-11-7-23(17-32)8-12-26)38-20-27(34)15-22-9-13-28(36-2)14-10-22/h3-4,7-14,16,24,30H,5-6,15,18-20H2,1-2H3,(H,33,35). The molecule has 0 heterocycles. The zero-order valence-electron chi connectivity index (χ0n) is 21.7. The van der Waals surface area contributed by atoms with Crippen LogP contribution in [-0.4, -0.2) is 32.0 Å². The van der Waals surface area contributed by atoms with E-state index in [1.807, 2.05) is 37.3 Å². The molecule has 1 N–H and O–H groups in total. The largest absolute Gasteiger partial charge is 0.497 e. The first kappa shape index (κ1) is 26.9. The monoisotopic (exact) mass is 512 g/mol. The summed E-state index contributed by atoms with van der Waals surface area (Å²) in [5, 5.41) is 12.1. The molecule has 4 rings (SSSR count). The van der Waals surface area contributed by atoms with Crippen molar-refractivity contribution < 1.29 is 23.8 Å². The normalized spacial score (nSPS) is 13.3. The third-order valence-corrected chi connectivity index (χ3v) is 6.44. The molecule has 38 heavy (non-hydrogen) atoms. The van der Waals surface area contributed by atoms with E-state index in [1.54, 1.807) is 43.5 Å². The first-order valence-electron chi connectivity index (χ1n) is 12.7. The number of nitrogens with one attached hydrogen (secondary N) is 1. The van der Waals surface area contributed by atoms with Crippen LogP contribution in [0.1, 0.15) is 46.8 Å². The summed E-state index contributed by atoms with van der Waals surface area (Å²) in [7, 11) is 1.59. The second-order valence-electron chi connectivity index (χ2n) is 9.56. The molecule has 0 aliphatic heterocycles. The van der Waals surface area contributed by atoms with Crippen LogP contribution in [0.3, 0.4) is 0 Å². The van der Waals surface area contributed by atoms with Gasteiger partial charge in [-0.15, -0.1) is 0 Å². The first-order chi connectivity index (χ1) is 18.4. The second-order valence-corrected chi connectivity index (χ2v) is 9.56.